The van der Waals surface area contributed by atoms with Gasteiger partial charge in [0.15, 0.2) is 0 Å². The molecule has 0 aliphatic rings. The molecule has 21 heavy (non-hydrogen) atoms. The van der Waals surface area contributed by atoms with E-state index in [0.717, 1.165) is 17.7 Å². The third kappa shape index (κ3) is 3.61. The maximum atomic E-state index is 13.9. The summed E-state index contributed by atoms with van der Waals surface area (Å²) in [6.45, 7) is 1.69. The zero-order valence-electron chi connectivity index (χ0n) is 11.2. The fourth-order valence-corrected chi connectivity index (χ4v) is 3.50. The highest BCUT2D eigenvalue weighted by atomic mass is 79.9. The Hall–Kier alpha value is -1.44. The summed E-state index contributed by atoms with van der Waals surface area (Å²) in [4.78, 5) is -0.467. The molecule has 0 spiro atoms. The highest BCUT2D eigenvalue weighted by Gasteiger charge is 2.23. The number of nitrogens with two attached hydrogens (primary N) is 1. The van der Waals surface area contributed by atoms with Crippen molar-refractivity contribution < 1.29 is 12.8 Å². The van der Waals surface area contributed by atoms with Crippen molar-refractivity contribution in [2.75, 3.05) is 5.73 Å². The third-order valence-corrected chi connectivity index (χ3v) is 5.21. The molecule has 0 heterocycles. The Kier molecular flexibility index (Phi) is 4.65. The lowest BCUT2D eigenvalue weighted by molar-refractivity contribution is 0.547. The van der Waals surface area contributed by atoms with Crippen LogP contribution in [0, 0.1) is 5.82 Å². The molecular formula is C14H14BrFN2O2S. The van der Waals surface area contributed by atoms with Crippen LogP contribution in [0.3, 0.4) is 0 Å². The number of nitrogen functional groups attached to an aromatic ring is 1. The molecule has 2 aromatic rings. The SMILES string of the molecule is CC(NS(=O)(=O)c1cc(N)c(Br)cc1F)c1ccccc1. The molecule has 0 amide bonds. The number of anilines is 1. The first-order chi connectivity index (χ1) is 9.81. The van der Waals surface area contributed by atoms with E-state index in [1.165, 1.54) is 0 Å². The van der Waals surface area contributed by atoms with Gasteiger partial charge in [-0.15, -0.1) is 0 Å². The lowest BCUT2D eigenvalue weighted by Gasteiger charge is -2.15. The minimum absolute atomic E-state index is 0.157. The Morgan fingerprint density at radius 1 is 1.24 bits per heavy atom. The van der Waals surface area contributed by atoms with Crippen molar-refractivity contribution in [2.24, 2.45) is 0 Å². The third-order valence-electron chi connectivity index (χ3n) is 2.97. The average Bonchev–Trinajstić information content (AvgIpc) is 2.43. The second kappa shape index (κ2) is 6.13. The maximum Gasteiger partial charge on any atom is 0.244 e. The summed E-state index contributed by atoms with van der Waals surface area (Å²) >= 11 is 3.05. The van der Waals surface area contributed by atoms with Crippen molar-refractivity contribution in [3.05, 3.63) is 58.3 Å². The molecule has 0 bridgehead atoms. The molecule has 3 N–H and O–H groups in total. The molecule has 4 nitrogen and oxygen atoms in total. The molecule has 0 saturated heterocycles. The van der Waals surface area contributed by atoms with Gasteiger partial charge in [0.1, 0.15) is 10.7 Å². The molecule has 0 fully saturated rings. The summed E-state index contributed by atoms with van der Waals surface area (Å²) in [5.41, 5.74) is 6.56. The first-order valence-corrected chi connectivity index (χ1v) is 8.40. The van der Waals surface area contributed by atoms with Gasteiger partial charge in [0.25, 0.3) is 0 Å². The summed E-state index contributed by atoms with van der Waals surface area (Å²) in [5, 5.41) is 0. The fourth-order valence-electron chi connectivity index (χ4n) is 1.86. The van der Waals surface area contributed by atoms with Crippen LogP contribution < -0.4 is 10.5 Å². The Bertz CT molecular complexity index is 751. The number of hydrogen-bond donors (Lipinski definition) is 2. The summed E-state index contributed by atoms with van der Waals surface area (Å²) in [5.74, 6) is -0.858. The molecule has 0 aliphatic carbocycles. The van der Waals surface area contributed by atoms with Crippen molar-refractivity contribution in [3.8, 4) is 0 Å². The van der Waals surface area contributed by atoms with Crippen LogP contribution >= 0.6 is 15.9 Å². The van der Waals surface area contributed by atoms with Gasteiger partial charge in [0.2, 0.25) is 10.0 Å². The van der Waals surface area contributed by atoms with Crippen LogP contribution in [0.1, 0.15) is 18.5 Å². The number of benzene rings is 2. The molecule has 112 valence electrons. The van der Waals surface area contributed by atoms with E-state index >= 15 is 0 Å². The monoisotopic (exact) mass is 372 g/mol. The van der Waals surface area contributed by atoms with Crippen molar-refractivity contribution in [1.82, 2.24) is 4.72 Å². The van der Waals surface area contributed by atoms with Gasteiger partial charge in [-0.3, -0.25) is 0 Å². The van der Waals surface area contributed by atoms with E-state index in [1.54, 1.807) is 31.2 Å². The van der Waals surface area contributed by atoms with Crippen LogP contribution in [0.4, 0.5) is 10.1 Å². The fraction of sp³-hybridized carbons (Fsp3) is 0.143. The second-order valence-corrected chi connectivity index (χ2v) is 7.09. The first-order valence-electron chi connectivity index (χ1n) is 6.13. The van der Waals surface area contributed by atoms with Gasteiger partial charge in [0.05, 0.1) is 0 Å². The smallest absolute Gasteiger partial charge is 0.244 e. The van der Waals surface area contributed by atoms with Gasteiger partial charge in [-0.05, 0) is 40.5 Å². The molecule has 0 saturated carbocycles. The number of hydrogen-bond acceptors (Lipinski definition) is 3. The largest absolute Gasteiger partial charge is 0.398 e. The molecule has 0 aromatic heterocycles. The van der Waals surface area contributed by atoms with E-state index in [1.807, 2.05) is 6.07 Å². The molecule has 2 rings (SSSR count). The van der Waals surface area contributed by atoms with Crippen molar-refractivity contribution >= 4 is 31.6 Å². The highest BCUT2D eigenvalue weighted by Crippen LogP contribution is 2.27. The van der Waals surface area contributed by atoms with Crippen LogP contribution in [-0.2, 0) is 10.0 Å². The number of sulfonamides is 1. The topological polar surface area (TPSA) is 72.2 Å². The number of halogens is 2. The lowest BCUT2D eigenvalue weighted by atomic mass is 10.1. The standard InChI is InChI=1S/C14H14BrFN2O2S/c1-9(10-5-3-2-4-6-10)18-21(19,20)14-8-13(17)11(15)7-12(14)16/h2-9,18H,17H2,1H3. The lowest BCUT2D eigenvalue weighted by Crippen LogP contribution is -2.27. The first kappa shape index (κ1) is 15.9. The van der Waals surface area contributed by atoms with E-state index in [-0.39, 0.29) is 5.69 Å². The molecule has 2 aromatic carbocycles. The van der Waals surface area contributed by atoms with E-state index < -0.39 is 26.8 Å². The number of rotatable bonds is 4. The predicted octanol–water partition coefficient (Wildman–Crippen LogP) is 3.21. The van der Waals surface area contributed by atoms with E-state index in [0.29, 0.717) is 4.47 Å². The van der Waals surface area contributed by atoms with E-state index in [9.17, 15) is 12.8 Å². The minimum atomic E-state index is -4.00. The Balaban J connectivity index is 2.33. The van der Waals surface area contributed by atoms with Gasteiger partial charge in [0, 0.05) is 16.2 Å². The summed E-state index contributed by atoms with van der Waals surface area (Å²) in [7, 11) is -4.00. The Morgan fingerprint density at radius 3 is 2.48 bits per heavy atom. The van der Waals surface area contributed by atoms with E-state index in [4.69, 9.17) is 5.73 Å². The van der Waals surface area contributed by atoms with Gasteiger partial charge in [-0.2, -0.15) is 0 Å². The summed E-state index contributed by atoms with van der Waals surface area (Å²) in [6, 6.07) is 10.7. The number of nitrogens with one attached hydrogen (secondary N) is 1. The van der Waals surface area contributed by atoms with Crippen LogP contribution in [0.25, 0.3) is 0 Å². The zero-order valence-corrected chi connectivity index (χ0v) is 13.6. The van der Waals surface area contributed by atoms with Gasteiger partial charge in [-0.1, -0.05) is 30.3 Å². The maximum absolute atomic E-state index is 13.9. The Labute approximate surface area is 131 Å². The van der Waals surface area contributed by atoms with Crippen LogP contribution in [0.5, 0.6) is 0 Å². The molecule has 0 radical (unpaired) electrons. The van der Waals surface area contributed by atoms with Crippen molar-refractivity contribution in [1.29, 1.82) is 0 Å². The summed E-state index contributed by atoms with van der Waals surface area (Å²) in [6.07, 6.45) is 0. The molecule has 0 aliphatic heterocycles. The zero-order chi connectivity index (χ0) is 15.6. The van der Waals surface area contributed by atoms with Crippen LogP contribution in [0.15, 0.2) is 51.8 Å². The van der Waals surface area contributed by atoms with Crippen LogP contribution in [0.2, 0.25) is 0 Å². The second-order valence-electron chi connectivity index (χ2n) is 4.56. The molecule has 1 unspecified atom stereocenters. The van der Waals surface area contributed by atoms with Crippen LogP contribution in [-0.4, -0.2) is 8.42 Å². The summed E-state index contributed by atoms with van der Waals surface area (Å²) < 4.78 is 41.2. The highest BCUT2D eigenvalue weighted by molar-refractivity contribution is 9.10. The quantitative estimate of drug-likeness (QED) is 0.809. The molecule has 7 heteroatoms. The van der Waals surface area contributed by atoms with Crippen molar-refractivity contribution in [3.63, 3.8) is 0 Å². The minimum Gasteiger partial charge on any atom is -0.398 e. The van der Waals surface area contributed by atoms with Gasteiger partial charge in [-0.25, -0.2) is 17.5 Å². The molecule has 1 atom stereocenters. The average molecular weight is 373 g/mol. The normalized spacial score (nSPS) is 13.1. The van der Waals surface area contributed by atoms with Crippen molar-refractivity contribution in [2.45, 2.75) is 17.9 Å². The van der Waals surface area contributed by atoms with E-state index in [2.05, 4.69) is 20.7 Å². The van der Waals surface area contributed by atoms with Gasteiger partial charge >= 0.3 is 0 Å². The molecular weight excluding hydrogens is 359 g/mol. The predicted molar refractivity (Wildman–Crippen MR) is 83.7 cm³/mol. The Morgan fingerprint density at radius 2 is 1.86 bits per heavy atom. The van der Waals surface area contributed by atoms with Gasteiger partial charge < -0.3 is 5.73 Å².